The molecule has 140 valence electrons. The number of aryl methyl sites for hydroxylation is 2. The van der Waals surface area contributed by atoms with Crippen molar-refractivity contribution in [1.29, 1.82) is 0 Å². The largest absolute Gasteiger partial charge is 0.376 e. The number of hydrogen-bond acceptors (Lipinski definition) is 4. The SMILES string of the molecule is CC1=Nc2cc(C(=O)NCC3CCCO3)ccc2Sc2c(C)ccc(C)c21. The Morgan fingerprint density at radius 1 is 1.22 bits per heavy atom. The van der Waals surface area contributed by atoms with Crippen LogP contribution in [0.4, 0.5) is 5.69 Å². The average Bonchev–Trinajstić information content (AvgIpc) is 3.12. The van der Waals surface area contributed by atoms with E-state index in [9.17, 15) is 4.79 Å². The molecule has 0 radical (unpaired) electrons. The number of nitrogens with zero attached hydrogens (tertiary/aromatic N) is 1. The Morgan fingerprint density at radius 3 is 2.81 bits per heavy atom. The molecule has 4 rings (SSSR count). The predicted octanol–water partition coefficient (Wildman–Crippen LogP) is 4.82. The topological polar surface area (TPSA) is 50.7 Å². The third kappa shape index (κ3) is 3.66. The van der Waals surface area contributed by atoms with E-state index in [1.54, 1.807) is 11.8 Å². The zero-order valence-electron chi connectivity index (χ0n) is 16.0. The van der Waals surface area contributed by atoms with Crippen molar-refractivity contribution in [1.82, 2.24) is 5.32 Å². The van der Waals surface area contributed by atoms with E-state index in [0.29, 0.717) is 12.1 Å². The van der Waals surface area contributed by atoms with Gasteiger partial charge in [-0.3, -0.25) is 9.79 Å². The van der Waals surface area contributed by atoms with E-state index in [1.807, 2.05) is 25.1 Å². The molecule has 1 fully saturated rings. The monoisotopic (exact) mass is 380 g/mol. The smallest absolute Gasteiger partial charge is 0.251 e. The van der Waals surface area contributed by atoms with E-state index in [4.69, 9.17) is 9.73 Å². The summed E-state index contributed by atoms with van der Waals surface area (Å²) in [6.45, 7) is 7.67. The molecule has 1 amide bonds. The molecule has 1 unspecified atom stereocenters. The number of carbonyl (C=O) groups excluding carboxylic acids is 1. The lowest BCUT2D eigenvalue weighted by atomic mass is 10.0. The molecule has 0 saturated carbocycles. The maximum Gasteiger partial charge on any atom is 0.251 e. The van der Waals surface area contributed by atoms with Crippen molar-refractivity contribution in [3.8, 4) is 0 Å². The normalized spacial score (nSPS) is 18.3. The third-order valence-corrected chi connectivity index (χ3v) is 6.46. The number of hydrogen-bond donors (Lipinski definition) is 1. The molecule has 2 aromatic carbocycles. The lowest BCUT2D eigenvalue weighted by molar-refractivity contribution is 0.0858. The van der Waals surface area contributed by atoms with Crippen LogP contribution in [0.2, 0.25) is 0 Å². The van der Waals surface area contributed by atoms with Gasteiger partial charge in [-0.25, -0.2) is 0 Å². The van der Waals surface area contributed by atoms with Gasteiger partial charge < -0.3 is 10.1 Å². The molecule has 0 aromatic heterocycles. The zero-order valence-corrected chi connectivity index (χ0v) is 16.8. The van der Waals surface area contributed by atoms with Crippen molar-refractivity contribution in [3.05, 3.63) is 52.6 Å². The summed E-state index contributed by atoms with van der Waals surface area (Å²) < 4.78 is 5.58. The van der Waals surface area contributed by atoms with Gasteiger partial charge in [0.05, 0.1) is 11.8 Å². The molecule has 4 nitrogen and oxygen atoms in total. The number of carbonyl (C=O) groups is 1. The van der Waals surface area contributed by atoms with Crippen molar-refractivity contribution in [2.24, 2.45) is 4.99 Å². The molecule has 2 aliphatic rings. The Kier molecular flexibility index (Phi) is 5.06. The first-order valence-electron chi connectivity index (χ1n) is 9.40. The third-order valence-electron chi connectivity index (χ3n) is 5.16. The summed E-state index contributed by atoms with van der Waals surface area (Å²) in [7, 11) is 0. The quantitative estimate of drug-likeness (QED) is 0.831. The van der Waals surface area contributed by atoms with Crippen LogP contribution in [0.5, 0.6) is 0 Å². The molecule has 1 atom stereocenters. The van der Waals surface area contributed by atoms with Crippen molar-refractivity contribution in [2.75, 3.05) is 13.2 Å². The maximum absolute atomic E-state index is 12.6. The highest BCUT2D eigenvalue weighted by Gasteiger charge is 2.21. The van der Waals surface area contributed by atoms with Crippen LogP contribution in [0.3, 0.4) is 0 Å². The molecular formula is C22H24N2O2S. The van der Waals surface area contributed by atoms with Gasteiger partial charge in [-0.2, -0.15) is 0 Å². The molecule has 2 aliphatic heterocycles. The molecule has 1 N–H and O–H groups in total. The Morgan fingerprint density at radius 2 is 2.04 bits per heavy atom. The fraction of sp³-hybridized carbons (Fsp3) is 0.364. The highest BCUT2D eigenvalue weighted by molar-refractivity contribution is 7.99. The highest BCUT2D eigenvalue weighted by Crippen LogP contribution is 2.43. The average molecular weight is 381 g/mol. The number of amides is 1. The first-order chi connectivity index (χ1) is 13.0. The van der Waals surface area contributed by atoms with E-state index in [2.05, 4.69) is 31.3 Å². The first kappa shape index (κ1) is 18.3. The first-order valence-corrected chi connectivity index (χ1v) is 10.2. The summed E-state index contributed by atoms with van der Waals surface area (Å²) in [5, 5.41) is 2.99. The van der Waals surface area contributed by atoms with Crippen molar-refractivity contribution in [3.63, 3.8) is 0 Å². The molecule has 0 aliphatic carbocycles. The van der Waals surface area contributed by atoms with Gasteiger partial charge in [0.2, 0.25) is 0 Å². The van der Waals surface area contributed by atoms with Gasteiger partial charge in [0.25, 0.3) is 5.91 Å². The molecule has 5 heteroatoms. The van der Waals surface area contributed by atoms with Gasteiger partial charge in [-0.15, -0.1) is 0 Å². The zero-order chi connectivity index (χ0) is 19.0. The molecular weight excluding hydrogens is 356 g/mol. The fourth-order valence-electron chi connectivity index (χ4n) is 3.66. The van der Waals surface area contributed by atoms with E-state index < -0.39 is 0 Å². The molecule has 0 bridgehead atoms. The van der Waals surface area contributed by atoms with Crippen molar-refractivity contribution >= 4 is 29.1 Å². The summed E-state index contributed by atoms with van der Waals surface area (Å²) in [4.78, 5) is 19.7. The Bertz CT molecular complexity index is 930. The van der Waals surface area contributed by atoms with Gasteiger partial charge in [-0.1, -0.05) is 23.9 Å². The van der Waals surface area contributed by atoms with Crippen LogP contribution < -0.4 is 5.32 Å². The van der Waals surface area contributed by atoms with Crippen LogP contribution in [0.25, 0.3) is 0 Å². The number of rotatable bonds is 3. The van der Waals surface area contributed by atoms with Crippen molar-refractivity contribution in [2.45, 2.75) is 49.5 Å². The number of benzene rings is 2. The van der Waals surface area contributed by atoms with Crippen LogP contribution in [-0.2, 0) is 4.74 Å². The number of nitrogens with one attached hydrogen (secondary N) is 1. The van der Waals surface area contributed by atoms with Gasteiger partial charge in [0.15, 0.2) is 0 Å². The Balaban J connectivity index is 1.62. The van der Waals surface area contributed by atoms with E-state index in [1.165, 1.54) is 21.6 Å². The van der Waals surface area contributed by atoms with Gasteiger partial charge >= 0.3 is 0 Å². The Hall–Kier alpha value is -2.11. The minimum atomic E-state index is -0.0692. The molecule has 1 saturated heterocycles. The van der Waals surface area contributed by atoms with Gasteiger partial charge in [-0.05, 0) is 62.9 Å². The molecule has 2 heterocycles. The van der Waals surface area contributed by atoms with E-state index in [-0.39, 0.29) is 12.0 Å². The maximum atomic E-state index is 12.6. The van der Waals surface area contributed by atoms with E-state index in [0.717, 1.165) is 35.7 Å². The van der Waals surface area contributed by atoms with Gasteiger partial charge in [0, 0.05) is 39.8 Å². The minimum absolute atomic E-state index is 0.0692. The summed E-state index contributed by atoms with van der Waals surface area (Å²) in [6, 6.07) is 10.1. The summed E-state index contributed by atoms with van der Waals surface area (Å²) in [5.74, 6) is -0.0692. The lowest BCUT2D eigenvalue weighted by Gasteiger charge is -2.13. The molecule has 0 spiro atoms. The van der Waals surface area contributed by atoms with Crippen LogP contribution in [-0.4, -0.2) is 30.9 Å². The summed E-state index contributed by atoms with van der Waals surface area (Å²) in [5.41, 5.74) is 6.18. The summed E-state index contributed by atoms with van der Waals surface area (Å²) >= 11 is 1.74. The van der Waals surface area contributed by atoms with Crippen LogP contribution >= 0.6 is 11.8 Å². The van der Waals surface area contributed by atoms with Crippen LogP contribution in [0.15, 0.2) is 45.1 Å². The Labute approximate surface area is 164 Å². The second kappa shape index (κ2) is 7.49. The number of ether oxygens (including phenoxy) is 1. The van der Waals surface area contributed by atoms with Gasteiger partial charge in [0.1, 0.15) is 0 Å². The lowest BCUT2D eigenvalue weighted by Crippen LogP contribution is -2.31. The van der Waals surface area contributed by atoms with Crippen LogP contribution in [0.1, 0.15) is 46.8 Å². The summed E-state index contributed by atoms with van der Waals surface area (Å²) in [6.07, 6.45) is 2.23. The number of fused-ring (bicyclic) bond motifs is 2. The number of aliphatic imine (C=N–C) groups is 1. The fourth-order valence-corrected chi connectivity index (χ4v) is 4.86. The standard InChI is InChI=1S/C22H24N2O2S/c1-13-6-7-14(2)21-20(13)15(3)24-18-11-16(8-9-19(18)27-21)22(25)23-12-17-5-4-10-26-17/h6-9,11,17H,4-5,10,12H2,1-3H3,(H,23,25). The predicted molar refractivity (Wildman–Crippen MR) is 110 cm³/mol. The second-order valence-electron chi connectivity index (χ2n) is 7.23. The van der Waals surface area contributed by atoms with Crippen LogP contribution in [0, 0.1) is 13.8 Å². The molecule has 27 heavy (non-hydrogen) atoms. The minimum Gasteiger partial charge on any atom is -0.376 e. The second-order valence-corrected chi connectivity index (χ2v) is 8.28. The van der Waals surface area contributed by atoms with E-state index >= 15 is 0 Å². The highest BCUT2D eigenvalue weighted by atomic mass is 32.2. The molecule has 2 aromatic rings. The van der Waals surface area contributed by atoms with Crippen molar-refractivity contribution < 1.29 is 9.53 Å².